The van der Waals surface area contributed by atoms with E-state index in [2.05, 4.69) is 15.2 Å². The summed E-state index contributed by atoms with van der Waals surface area (Å²) in [5.41, 5.74) is 10.8. The molecule has 2 atom stereocenters. The molecule has 2 saturated heterocycles. The van der Waals surface area contributed by atoms with Crippen LogP contribution in [0.25, 0.3) is 11.1 Å². The van der Waals surface area contributed by atoms with Crippen LogP contribution in [0.2, 0.25) is 0 Å². The van der Waals surface area contributed by atoms with Gasteiger partial charge in [-0.3, -0.25) is 4.98 Å². The van der Waals surface area contributed by atoms with E-state index >= 15 is 0 Å². The molecule has 0 spiro atoms. The standard InChI is InChI=1S/C24H25FN6O/c1-27-20-8-13(25)7-19-18(20)11-21-22(19)23(31-15-4-5-16(31)10-14(26)9-15)30-24(29-21)32-17-3-2-6-28-12-17/h2-3,6-8,12,14-16,27H,4-5,9-11,26H2,1H3. The monoisotopic (exact) mass is 432 g/mol. The molecule has 2 aliphatic heterocycles. The lowest BCUT2D eigenvalue weighted by Gasteiger charge is -2.39. The van der Waals surface area contributed by atoms with Gasteiger partial charge in [0, 0.05) is 49.0 Å². The Labute approximate surface area is 185 Å². The Morgan fingerprint density at radius 1 is 1.19 bits per heavy atom. The van der Waals surface area contributed by atoms with Crippen molar-refractivity contribution in [1.82, 2.24) is 15.0 Å². The molecule has 2 aromatic heterocycles. The van der Waals surface area contributed by atoms with Crippen molar-refractivity contribution in [2.45, 2.75) is 50.2 Å². The predicted octanol–water partition coefficient (Wildman–Crippen LogP) is 3.87. The zero-order chi connectivity index (χ0) is 21.8. The Morgan fingerprint density at radius 3 is 2.72 bits per heavy atom. The highest BCUT2D eigenvalue weighted by Crippen LogP contribution is 2.49. The normalized spacial score (nSPS) is 23.1. The second kappa shape index (κ2) is 7.41. The SMILES string of the molecule is CNc1cc(F)cc2c1Cc1nc(Oc3cccnc3)nc(N3C4CCC3CC(N)C4)c1-2. The number of hydrogen-bond donors (Lipinski definition) is 2. The maximum Gasteiger partial charge on any atom is 0.324 e. The third kappa shape index (κ3) is 3.09. The molecule has 8 heteroatoms. The van der Waals surface area contributed by atoms with Crippen molar-refractivity contribution in [3.8, 4) is 22.9 Å². The molecule has 2 bridgehead atoms. The number of nitrogens with two attached hydrogens (primary N) is 1. The zero-order valence-electron chi connectivity index (χ0n) is 17.9. The van der Waals surface area contributed by atoms with Gasteiger partial charge >= 0.3 is 6.01 Å². The van der Waals surface area contributed by atoms with Crippen LogP contribution in [0.5, 0.6) is 11.8 Å². The second-order valence-corrected chi connectivity index (χ2v) is 8.87. The summed E-state index contributed by atoms with van der Waals surface area (Å²) >= 11 is 0. The fourth-order valence-electron chi connectivity index (χ4n) is 5.63. The molecular formula is C24H25FN6O. The van der Waals surface area contributed by atoms with E-state index < -0.39 is 0 Å². The van der Waals surface area contributed by atoms with E-state index in [0.29, 0.717) is 30.3 Å². The number of rotatable bonds is 4. The first kappa shape index (κ1) is 19.4. The summed E-state index contributed by atoms with van der Waals surface area (Å²) in [5.74, 6) is 1.14. The molecule has 164 valence electrons. The third-order valence-corrected chi connectivity index (χ3v) is 6.90. The van der Waals surface area contributed by atoms with Crippen molar-refractivity contribution >= 4 is 11.5 Å². The summed E-state index contributed by atoms with van der Waals surface area (Å²) in [5, 5.41) is 3.13. The molecule has 0 radical (unpaired) electrons. The smallest absolute Gasteiger partial charge is 0.324 e. The average Bonchev–Trinajstić information content (AvgIpc) is 3.28. The van der Waals surface area contributed by atoms with Crippen LogP contribution in [0, 0.1) is 5.82 Å². The summed E-state index contributed by atoms with van der Waals surface area (Å²) in [4.78, 5) is 16.2. The Kier molecular flexibility index (Phi) is 4.50. The maximum absolute atomic E-state index is 14.5. The van der Waals surface area contributed by atoms with Crippen LogP contribution in [0.1, 0.15) is 36.9 Å². The highest BCUT2D eigenvalue weighted by atomic mass is 19.1. The molecule has 1 aromatic carbocycles. The molecule has 3 aromatic rings. The quantitative estimate of drug-likeness (QED) is 0.506. The molecule has 6 rings (SSSR count). The lowest BCUT2D eigenvalue weighted by atomic mass is 9.97. The van der Waals surface area contributed by atoms with Gasteiger partial charge in [0.1, 0.15) is 17.4 Å². The largest absolute Gasteiger partial charge is 0.423 e. The minimum absolute atomic E-state index is 0.213. The fourth-order valence-corrected chi connectivity index (χ4v) is 5.63. The lowest BCUT2D eigenvalue weighted by molar-refractivity contribution is 0.405. The maximum atomic E-state index is 14.5. The number of aromatic nitrogens is 3. The van der Waals surface area contributed by atoms with Crippen LogP contribution < -0.4 is 20.7 Å². The van der Waals surface area contributed by atoms with E-state index in [9.17, 15) is 4.39 Å². The molecule has 1 aliphatic carbocycles. The zero-order valence-corrected chi connectivity index (χ0v) is 17.9. The van der Waals surface area contributed by atoms with E-state index in [0.717, 1.165) is 59.6 Å². The highest BCUT2D eigenvalue weighted by molar-refractivity contribution is 5.88. The fraction of sp³-hybridized carbons (Fsp3) is 0.375. The van der Waals surface area contributed by atoms with Crippen molar-refractivity contribution in [3.63, 3.8) is 0 Å². The van der Waals surface area contributed by atoms with Gasteiger partial charge in [0.2, 0.25) is 0 Å². The number of benzene rings is 1. The number of ether oxygens (including phenoxy) is 1. The summed E-state index contributed by atoms with van der Waals surface area (Å²) in [6.07, 6.45) is 7.99. The predicted molar refractivity (Wildman–Crippen MR) is 121 cm³/mol. The molecule has 2 fully saturated rings. The van der Waals surface area contributed by atoms with Crippen LogP contribution in [0.15, 0.2) is 36.7 Å². The van der Waals surface area contributed by atoms with Crippen LogP contribution in [0.4, 0.5) is 15.9 Å². The van der Waals surface area contributed by atoms with E-state index in [-0.39, 0.29) is 11.9 Å². The van der Waals surface area contributed by atoms with Gasteiger partial charge in [-0.2, -0.15) is 9.97 Å². The minimum Gasteiger partial charge on any atom is -0.423 e. The summed E-state index contributed by atoms with van der Waals surface area (Å²) < 4.78 is 20.5. The first-order valence-electron chi connectivity index (χ1n) is 11.1. The van der Waals surface area contributed by atoms with Crippen LogP contribution >= 0.6 is 0 Å². The molecule has 32 heavy (non-hydrogen) atoms. The highest BCUT2D eigenvalue weighted by Gasteiger charge is 2.43. The molecule has 2 unspecified atom stereocenters. The number of fused-ring (bicyclic) bond motifs is 5. The van der Waals surface area contributed by atoms with Crippen molar-refractivity contribution in [1.29, 1.82) is 0 Å². The third-order valence-electron chi connectivity index (χ3n) is 6.90. The van der Waals surface area contributed by atoms with E-state index in [1.807, 2.05) is 19.2 Å². The first-order valence-corrected chi connectivity index (χ1v) is 11.1. The molecule has 7 nitrogen and oxygen atoms in total. The van der Waals surface area contributed by atoms with Gasteiger partial charge in [0.25, 0.3) is 0 Å². The number of halogens is 1. The van der Waals surface area contributed by atoms with Crippen LogP contribution in [-0.2, 0) is 6.42 Å². The van der Waals surface area contributed by atoms with Gasteiger partial charge in [0.15, 0.2) is 0 Å². The van der Waals surface area contributed by atoms with Gasteiger partial charge in [-0.25, -0.2) is 4.39 Å². The van der Waals surface area contributed by atoms with Gasteiger partial charge in [-0.15, -0.1) is 0 Å². The Hall–Kier alpha value is -3.26. The molecule has 0 amide bonds. The second-order valence-electron chi connectivity index (χ2n) is 8.87. The number of pyridine rings is 1. The summed E-state index contributed by atoms with van der Waals surface area (Å²) in [6.45, 7) is 0. The minimum atomic E-state index is -0.272. The summed E-state index contributed by atoms with van der Waals surface area (Å²) in [6, 6.07) is 7.95. The molecule has 3 aliphatic rings. The molecular weight excluding hydrogens is 407 g/mol. The Morgan fingerprint density at radius 2 is 2.00 bits per heavy atom. The number of anilines is 2. The Balaban J connectivity index is 1.52. The van der Waals surface area contributed by atoms with E-state index in [4.69, 9.17) is 20.4 Å². The Bertz CT molecular complexity index is 1170. The van der Waals surface area contributed by atoms with Crippen molar-refractivity contribution in [3.05, 3.63) is 53.7 Å². The van der Waals surface area contributed by atoms with Gasteiger partial charge in [0.05, 0.1) is 11.9 Å². The number of piperidine rings is 1. The van der Waals surface area contributed by atoms with Crippen molar-refractivity contribution in [2.75, 3.05) is 17.3 Å². The number of nitrogens with zero attached hydrogens (tertiary/aromatic N) is 4. The van der Waals surface area contributed by atoms with Crippen LogP contribution in [-0.4, -0.2) is 40.1 Å². The number of hydrogen-bond acceptors (Lipinski definition) is 7. The van der Waals surface area contributed by atoms with Crippen LogP contribution in [0.3, 0.4) is 0 Å². The molecule has 0 saturated carbocycles. The van der Waals surface area contributed by atoms with Gasteiger partial charge < -0.3 is 20.7 Å². The van der Waals surface area contributed by atoms with Crippen molar-refractivity contribution < 1.29 is 9.13 Å². The van der Waals surface area contributed by atoms with E-state index in [1.165, 1.54) is 6.07 Å². The van der Waals surface area contributed by atoms with E-state index in [1.54, 1.807) is 18.5 Å². The van der Waals surface area contributed by atoms with Gasteiger partial charge in [-0.05, 0) is 61.1 Å². The topological polar surface area (TPSA) is 89.2 Å². The lowest BCUT2D eigenvalue weighted by Crippen LogP contribution is -2.48. The number of nitrogens with one attached hydrogen (secondary N) is 1. The average molecular weight is 433 g/mol. The first-order chi connectivity index (χ1) is 15.6. The van der Waals surface area contributed by atoms with Gasteiger partial charge in [-0.1, -0.05) is 0 Å². The van der Waals surface area contributed by atoms with Crippen molar-refractivity contribution in [2.24, 2.45) is 5.73 Å². The summed E-state index contributed by atoms with van der Waals surface area (Å²) in [7, 11) is 1.81. The molecule has 4 heterocycles. The molecule has 3 N–H and O–H groups in total.